The minimum Gasteiger partial charge on any atom is -0.394 e. The van der Waals surface area contributed by atoms with Crippen LogP contribution in [0.2, 0.25) is 0 Å². The molecule has 0 aliphatic carbocycles. The van der Waals surface area contributed by atoms with Gasteiger partial charge in [0.2, 0.25) is 0 Å². The van der Waals surface area contributed by atoms with Crippen molar-refractivity contribution in [3.05, 3.63) is 35.9 Å². The van der Waals surface area contributed by atoms with E-state index in [4.69, 9.17) is 18.9 Å². The third-order valence-corrected chi connectivity index (χ3v) is 3.95. The molecule has 0 spiro atoms. The molecular weight excluding hydrogens is 288 g/mol. The Kier molecular flexibility index (Phi) is 4.49. The number of hydrogen-bond acceptors (Lipinski definition) is 6. The highest BCUT2D eigenvalue weighted by atomic mass is 16.8. The van der Waals surface area contributed by atoms with E-state index in [0.29, 0.717) is 6.61 Å². The van der Waals surface area contributed by atoms with Gasteiger partial charge in [-0.3, -0.25) is 0 Å². The Morgan fingerprint density at radius 1 is 1.18 bits per heavy atom. The molecule has 2 fully saturated rings. The minimum atomic E-state index is -0.979. The standard InChI is InChI=1S/C16H22O6/c1-16(2)19-9-12(22-16)14-13(18)11(8-17)20-15(21-14)10-6-4-3-5-7-10/h3-7,11-15,17-18H,8-9H2,1-2H3. The van der Waals surface area contributed by atoms with E-state index in [1.54, 1.807) is 0 Å². The average molecular weight is 310 g/mol. The van der Waals surface area contributed by atoms with Gasteiger partial charge in [-0.15, -0.1) is 0 Å². The number of ether oxygens (including phenoxy) is 4. The maximum atomic E-state index is 10.4. The fraction of sp³-hybridized carbons (Fsp3) is 0.625. The Bertz CT molecular complexity index is 491. The molecule has 2 heterocycles. The van der Waals surface area contributed by atoms with Crippen molar-refractivity contribution in [2.75, 3.05) is 13.2 Å². The van der Waals surface area contributed by atoms with Crippen LogP contribution in [-0.2, 0) is 18.9 Å². The number of rotatable bonds is 3. The summed E-state index contributed by atoms with van der Waals surface area (Å²) in [4.78, 5) is 0. The summed E-state index contributed by atoms with van der Waals surface area (Å²) in [7, 11) is 0. The summed E-state index contributed by atoms with van der Waals surface area (Å²) in [6, 6.07) is 9.43. The average Bonchev–Trinajstić information content (AvgIpc) is 2.88. The van der Waals surface area contributed by atoms with Crippen LogP contribution in [0.15, 0.2) is 30.3 Å². The van der Waals surface area contributed by atoms with Crippen LogP contribution in [-0.4, -0.2) is 53.6 Å². The Morgan fingerprint density at radius 2 is 1.91 bits per heavy atom. The predicted octanol–water partition coefficient (Wildman–Crippen LogP) is 0.974. The molecule has 2 saturated heterocycles. The molecule has 0 bridgehead atoms. The van der Waals surface area contributed by atoms with Crippen molar-refractivity contribution in [3.63, 3.8) is 0 Å². The second kappa shape index (κ2) is 6.23. The first-order valence-electron chi connectivity index (χ1n) is 7.47. The molecule has 2 aliphatic rings. The minimum absolute atomic E-state index is 0.290. The molecule has 22 heavy (non-hydrogen) atoms. The van der Waals surface area contributed by atoms with Crippen molar-refractivity contribution in [2.24, 2.45) is 0 Å². The number of hydrogen-bond donors (Lipinski definition) is 2. The third kappa shape index (κ3) is 3.17. The summed E-state index contributed by atoms with van der Waals surface area (Å²) in [5.41, 5.74) is 0.830. The monoisotopic (exact) mass is 310 g/mol. The maximum absolute atomic E-state index is 10.4. The van der Waals surface area contributed by atoms with E-state index in [1.165, 1.54) is 0 Å². The molecule has 5 unspecified atom stereocenters. The highest BCUT2D eigenvalue weighted by molar-refractivity contribution is 5.16. The van der Waals surface area contributed by atoms with Crippen molar-refractivity contribution in [1.82, 2.24) is 0 Å². The van der Waals surface area contributed by atoms with Gasteiger partial charge >= 0.3 is 0 Å². The Labute approximate surface area is 129 Å². The molecule has 2 aliphatic heterocycles. The first-order chi connectivity index (χ1) is 10.5. The molecule has 5 atom stereocenters. The zero-order chi connectivity index (χ0) is 15.7. The first kappa shape index (κ1) is 15.9. The van der Waals surface area contributed by atoms with E-state index in [0.717, 1.165) is 5.56 Å². The largest absolute Gasteiger partial charge is 0.394 e. The molecule has 1 aromatic rings. The van der Waals surface area contributed by atoms with Gasteiger partial charge in [0.05, 0.1) is 13.2 Å². The molecule has 3 rings (SSSR count). The van der Waals surface area contributed by atoms with E-state index < -0.39 is 36.5 Å². The van der Waals surface area contributed by atoms with Crippen LogP contribution in [0.1, 0.15) is 25.7 Å². The number of aliphatic hydroxyl groups excluding tert-OH is 2. The Hall–Kier alpha value is -1.02. The molecule has 6 heteroatoms. The van der Waals surface area contributed by atoms with Crippen LogP contribution in [0.5, 0.6) is 0 Å². The van der Waals surface area contributed by atoms with Gasteiger partial charge < -0.3 is 29.2 Å². The van der Waals surface area contributed by atoms with Gasteiger partial charge in [0.15, 0.2) is 12.1 Å². The Morgan fingerprint density at radius 3 is 2.50 bits per heavy atom. The summed E-state index contributed by atoms with van der Waals surface area (Å²) in [5, 5.41) is 19.9. The van der Waals surface area contributed by atoms with Crippen molar-refractivity contribution >= 4 is 0 Å². The summed E-state index contributed by atoms with van der Waals surface area (Å²) in [5.74, 6) is -0.705. The number of benzene rings is 1. The van der Waals surface area contributed by atoms with Gasteiger partial charge in [0.1, 0.15) is 24.4 Å². The molecule has 6 nitrogen and oxygen atoms in total. The van der Waals surface area contributed by atoms with Gasteiger partial charge in [-0.25, -0.2) is 0 Å². The van der Waals surface area contributed by atoms with E-state index >= 15 is 0 Å². The molecular formula is C16H22O6. The smallest absolute Gasteiger partial charge is 0.184 e. The lowest BCUT2D eigenvalue weighted by atomic mass is 10.0. The van der Waals surface area contributed by atoms with Crippen molar-refractivity contribution in [2.45, 2.75) is 50.3 Å². The quantitative estimate of drug-likeness (QED) is 0.866. The van der Waals surface area contributed by atoms with Gasteiger partial charge in [-0.1, -0.05) is 30.3 Å². The van der Waals surface area contributed by atoms with E-state index in [9.17, 15) is 10.2 Å². The Balaban J connectivity index is 1.79. The predicted molar refractivity (Wildman–Crippen MR) is 76.9 cm³/mol. The molecule has 2 N–H and O–H groups in total. The fourth-order valence-electron chi connectivity index (χ4n) is 2.81. The van der Waals surface area contributed by atoms with E-state index in [1.807, 2.05) is 44.2 Å². The van der Waals surface area contributed by atoms with Crippen LogP contribution in [0, 0.1) is 0 Å². The fourth-order valence-corrected chi connectivity index (χ4v) is 2.81. The van der Waals surface area contributed by atoms with Crippen LogP contribution < -0.4 is 0 Å². The van der Waals surface area contributed by atoms with Gasteiger partial charge in [0.25, 0.3) is 0 Å². The summed E-state index contributed by atoms with van der Waals surface area (Å²) < 4.78 is 22.9. The summed E-state index contributed by atoms with van der Waals surface area (Å²) in [6.07, 6.45) is -3.39. The highest BCUT2D eigenvalue weighted by Crippen LogP contribution is 2.35. The maximum Gasteiger partial charge on any atom is 0.184 e. The lowest BCUT2D eigenvalue weighted by Crippen LogP contribution is -2.54. The van der Waals surface area contributed by atoms with Crippen LogP contribution in [0.4, 0.5) is 0 Å². The first-order valence-corrected chi connectivity index (χ1v) is 7.47. The van der Waals surface area contributed by atoms with E-state index in [-0.39, 0.29) is 6.61 Å². The van der Waals surface area contributed by atoms with Crippen LogP contribution in [0.25, 0.3) is 0 Å². The lowest BCUT2D eigenvalue weighted by Gasteiger charge is -2.41. The van der Waals surface area contributed by atoms with Crippen molar-refractivity contribution in [3.8, 4) is 0 Å². The molecule has 122 valence electrons. The zero-order valence-corrected chi connectivity index (χ0v) is 12.7. The van der Waals surface area contributed by atoms with Crippen LogP contribution in [0.3, 0.4) is 0 Å². The van der Waals surface area contributed by atoms with Gasteiger partial charge in [-0.05, 0) is 13.8 Å². The second-order valence-corrected chi connectivity index (χ2v) is 6.06. The second-order valence-electron chi connectivity index (χ2n) is 6.06. The normalized spacial score (nSPS) is 38.1. The van der Waals surface area contributed by atoms with Crippen LogP contribution >= 0.6 is 0 Å². The van der Waals surface area contributed by atoms with Gasteiger partial charge in [0, 0.05) is 5.56 Å². The molecule has 1 aromatic carbocycles. The molecule has 0 aromatic heterocycles. The molecule has 0 radical (unpaired) electrons. The summed E-state index contributed by atoms with van der Waals surface area (Å²) >= 11 is 0. The third-order valence-electron chi connectivity index (χ3n) is 3.95. The van der Waals surface area contributed by atoms with Gasteiger partial charge in [-0.2, -0.15) is 0 Å². The summed E-state index contributed by atoms with van der Waals surface area (Å²) in [6.45, 7) is 3.67. The van der Waals surface area contributed by atoms with Crippen molar-refractivity contribution in [1.29, 1.82) is 0 Å². The highest BCUT2D eigenvalue weighted by Gasteiger charge is 2.47. The molecule has 0 amide bonds. The number of aliphatic hydroxyl groups is 2. The zero-order valence-electron chi connectivity index (χ0n) is 12.7. The lowest BCUT2D eigenvalue weighted by molar-refractivity contribution is -0.312. The van der Waals surface area contributed by atoms with Crippen molar-refractivity contribution < 1.29 is 29.2 Å². The topological polar surface area (TPSA) is 77.4 Å². The van der Waals surface area contributed by atoms with E-state index in [2.05, 4.69) is 0 Å². The SMILES string of the molecule is CC1(C)OCC(C2OC(c3ccccc3)OC(CO)C2O)O1. The molecule has 0 saturated carbocycles.